The van der Waals surface area contributed by atoms with Gasteiger partial charge in [0.2, 0.25) is 0 Å². The van der Waals surface area contributed by atoms with Gasteiger partial charge in [-0.1, -0.05) is 0 Å². The SMILES string of the molecule is N#CC1C=C(C(=O)O)C(N)=NC1=O. The Bertz CT molecular complexity index is 375. The van der Waals surface area contributed by atoms with Crippen molar-refractivity contribution in [3.63, 3.8) is 0 Å². The molecule has 1 heterocycles. The largest absolute Gasteiger partial charge is 0.478 e. The number of amides is 1. The smallest absolute Gasteiger partial charge is 0.339 e. The summed E-state index contributed by atoms with van der Waals surface area (Å²) < 4.78 is 0. The number of dihydropyridines is 1. The van der Waals surface area contributed by atoms with Crippen molar-refractivity contribution in [2.45, 2.75) is 0 Å². The van der Waals surface area contributed by atoms with Gasteiger partial charge in [-0.15, -0.1) is 0 Å². The number of carboxylic acids is 1. The van der Waals surface area contributed by atoms with Gasteiger partial charge in [0.15, 0.2) is 0 Å². The lowest BCUT2D eigenvalue weighted by Gasteiger charge is -2.09. The molecule has 1 unspecified atom stereocenters. The monoisotopic (exact) mass is 179 g/mol. The molecule has 1 rings (SSSR count). The second kappa shape index (κ2) is 3.06. The van der Waals surface area contributed by atoms with Crippen molar-refractivity contribution in [2.75, 3.05) is 0 Å². The van der Waals surface area contributed by atoms with Gasteiger partial charge < -0.3 is 10.8 Å². The summed E-state index contributed by atoms with van der Waals surface area (Å²) in [6.45, 7) is 0. The molecule has 0 bridgehead atoms. The number of carboxylic acid groups (broad SMARTS) is 1. The Balaban J connectivity index is 3.12. The van der Waals surface area contributed by atoms with E-state index in [2.05, 4.69) is 4.99 Å². The van der Waals surface area contributed by atoms with E-state index in [0.29, 0.717) is 0 Å². The third kappa shape index (κ3) is 1.54. The molecule has 6 nitrogen and oxygen atoms in total. The number of nitriles is 1. The minimum absolute atomic E-state index is 0.300. The molecule has 0 aromatic rings. The predicted octanol–water partition coefficient (Wildman–Crippen LogP) is -0.965. The van der Waals surface area contributed by atoms with Crippen LogP contribution in [0.15, 0.2) is 16.6 Å². The normalized spacial score (nSPS) is 21.5. The lowest BCUT2D eigenvalue weighted by atomic mass is 10.0. The van der Waals surface area contributed by atoms with Gasteiger partial charge >= 0.3 is 5.97 Å². The highest BCUT2D eigenvalue weighted by Crippen LogP contribution is 2.11. The first-order valence-corrected chi connectivity index (χ1v) is 3.29. The summed E-state index contributed by atoms with van der Waals surface area (Å²) >= 11 is 0. The zero-order chi connectivity index (χ0) is 10.0. The van der Waals surface area contributed by atoms with E-state index in [1.54, 1.807) is 6.07 Å². The van der Waals surface area contributed by atoms with E-state index >= 15 is 0 Å². The molecule has 1 aliphatic rings. The van der Waals surface area contributed by atoms with Crippen molar-refractivity contribution in [2.24, 2.45) is 16.6 Å². The average molecular weight is 179 g/mol. The van der Waals surface area contributed by atoms with Crippen LogP contribution in [0.2, 0.25) is 0 Å². The first-order chi connectivity index (χ1) is 6.06. The van der Waals surface area contributed by atoms with Crippen molar-refractivity contribution in [3.05, 3.63) is 11.6 Å². The van der Waals surface area contributed by atoms with E-state index in [9.17, 15) is 9.59 Å². The Morgan fingerprint density at radius 3 is 2.85 bits per heavy atom. The van der Waals surface area contributed by atoms with Crippen molar-refractivity contribution >= 4 is 17.7 Å². The zero-order valence-electron chi connectivity index (χ0n) is 6.39. The van der Waals surface area contributed by atoms with Crippen LogP contribution >= 0.6 is 0 Å². The van der Waals surface area contributed by atoms with Crippen LogP contribution in [-0.4, -0.2) is 22.8 Å². The van der Waals surface area contributed by atoms with Crippen molar-refractivity contribution in [3.8, 4) is 6.07 Å². The summed E-state index contributed by atoms with van der Waals surface area (Å²) in [5.41, 5.74) is 4.86. The number of amidine groups is 1. The highest BCUT2D eigenvalue weighted by atomic mass is 16.4. The number of rotatable bonds is 1. The molecule has 1 aliphatic heterocycles. The van der Waals surface area contributed by atoms with Crippen LogP contribution < -0.4 is 5.73 Å². The Kier molecular flexibility index (Phi) is 2.11. The van der Waals surface area contributed by atoms with Gasteiger partial charge in [0.05, 0.1) is 11.6 Å². The van der Waals surface area contributed by atoms with Gasteiger partial charge in [0.1, 0.15) is 11.8 Å². The fourth-order valence-electron chi connectivity index (χ4n) is 0.845. The predicted molar refractivity (Wildman–Crippen MR) is 41.5 cm³/mol. The van der Waals surface area contributed by atoms with Crippen LogP contribution in [0.5, 0.6) is 0 Å². The number of aliphatic carboxylic acids is 1. The summed E-state index contributed by atoms with van der Waals surface area (Å²) in [6, 6.07) is 1.61. The molecule has 0 saturated heterocycles. The molecule has 66 valence electrons. The minimum atomic E-state index is -1.30. The first-order valence-electron chi connectivity index (χ1n) is 3.29. The second-order valence-electron chi connectivity index (χ2n) is 2.33. The summed E-state index contributed by atoms with van der Waals surface area (Å²) in [4.78, 5) is 24.6. The van der Waals surface area contributed by atoms with Crippen LogP contribution in [0.1, 0.15) is 0 Å². The molecule has 1 atom stereocenters. The van der Waals surface area contributed by atoms with E-state index < -0.39 is 17.8 Å². The lowest BCUT2D eigenvalue weighted by molar-refractivity contribution is -0.132. The van der Waals surface area contributed by atoms with Gasteiger partial charge in [-0.2, -0.15) is 10.3 Å². The van der Waals surface area contributed by atoms with E-state index in [4.69, 9.17) is 16.1 Å². The highest BCUT2D eigenvalue weighted by molar-refractivity contribution is 6.22. The van der Waals surface area contributed by atoms with Crippen molar-refractivity contribution in [1.29, 1.82) is 5.26 Å². The molecular weight excluding hydrogens is 174 g/mol. The zero-order valence-corrected chi connectivity index (χ0v) is 6.39. The van der Waals surface area contributed by atoms with Crippen LogP contribution in [0.4, 0.5) is 0 Å². The Morgan fingerprint density at radius 1 is 1.77 bits per heavy atom. The quantitative estimate of drug-likeness (QED) is 0.537. The highest BCUT2D eigenvalue weighted by Gasteiger charge is 2.25. The number of nitrogens with two attached hydrogens (primary N) is 1. The van der Waals surface area contributed by atoms with Crippen molar-refractivity contribution in [1.82, 2.24) is 0 Å². The molecule has 0 radical (unpaired) electrons. The Morgan fingerprint density at radius 2 is 2.38 bits per heavy atom. The maximum atomic E-state index is 10.9. The molecule has 3 N–H and O–H groups in total. The number of nitrogens with zero attached hydrogens (tertiary/aromatic N) is 2. The number of hydrogen-bond acceptors (Lipinski definition) is 4. The maximum absolute atomic E-state index is 10.9. The van der Waals surface area contributed by atoms with Gasteiger partial charge in [-0.25, -0.2) is 4.79 Å². The van der Waals surface area contributed by atoms with Crippen LogP contribution in [0.3, 0.4) is 0 Å². The Labute approximate surface area is 73.0 Å². The topological polar surface area (TPSA) is 117 Å². The number of carbonyl (C=O) groups is 2. The van der Waals surface area contributed by atoms with E-state index in [0.717, 1.165) is 6.08 Å². The fourth-order valence-corrected chi connectivity index (χ4v) is 0.845. The van der Waals surface area contributed by atoms with Crippen LogP contribution in [0, 0.1) is 17.2 Å². The maximum Gasteiger partial charge on any atom is 0.339 e. The van der Waals surface area contributed by atoms with E-state index in [1.165, 1.54) is 0 Å². The van der Waals surface area contributed by atoms with Crippen LogP contribution in [0.25, 0.3) is 0 Å². The van der Waals surface area contributed by atoms with Gasteiger partial charge in [0, 0.05) is 0 Å². The minimum Gasteiger partial charge on any atom is -0.478 e. The molecule has 0 aromatic heterocycles. The number of carbonyl (C=O) groups excluding carboxylic acids is 1. The molecule has 6 heteroatoms. The fraction of sp³-hybridized carbons (Fsp3) is 0.143. The molecule has 1 amide bonds. The van der Waals surface area contributed by atoms with Crippen molar-refractivity contribution < 1.29 is 14.7 Å². The van der Waals surface area contributed by atoms with E-state index in [-0.39, 0.29) is 11.4 Å². The standard InChI is InChI=1S/C7H5N3O3/c8-2-3-1-4(7(12)13)5(9)10-6(3)11/h1,3H,(H,12,13)(H2,9,10,11). The summed E-state index contributed by atoms with van der Waals surface area (Å²) in [5.74, 6) is -3.53. The van der Waals surface area contributed by atoms with Gasteiger partial charge in [-0.05, 0) is 6.08 Å². The molecule has 0 spiro atoms. The third-order valence-electron chi connectivity index (χ3n) is 1.48. The number of aliphatic imine (C=N–C) groups is 1. The summed E-state index contributed by atoms with van der Waals surface area (Å²) in [7, 11) is 0. The molecule has 0 fully saturated rings. The average Bonchev–Trinajstić information content (AvgIpc) is 2.03. The lowest BCUT2D eigenvalue weighted by Crippen LogP contribution is -2.29. The molecule has 0 aliphatic carbocycles. The van der Waals surface area contributed by atoms with Gasteiger partial charge in [0.25, 0.3) is 5.91 Å². The molecular formula is C7H5N3O3. The molecule has 13 heavy (non-hydrogen) atoms. The van der Waals surface area contributed by atoms with Crippen LogP contribution in [-0.2, 0) is 9.59 Å². The second-order valence-corrected chi connectivity index (χ2v) is 2.33. The van der Waals surface area contributed by atoms with Gasteiger partial charge in [-0.3, -0.25) is 4.79 Å². The summed E-state index contributed by atoms with van der Waals surface area (Å²) in [6.07, 6.45) is 0.993. The first kappa shape index (κ1) is 8.93. The molecule has 0 saturated carbocycles. The third-order valence-corrected chi connectivity index (χ3v) is 1.48. The molecule has 0 aromatic carbocycles. The Hall–Kier alpha value is -2.16. The van der Waals surface area contributed by atoms with E-state index in [1.807, 2.05) is 0 Å². The summed E-state index contributed by atoms with van der Waals surface area (Å²) in [5, 5.41) is 17.0. The number of hydrogen-bond donors (Lipinski definition) is 2.